The maximum Gasteiger partial charge on any atom is 0.311 e. The number of nitrogens with one attached hydrogen (secondary N) is 2. The number of nitro benzene ring substituents is 1. The highest BCUT2D eigenvalue weighted by molar-refractivity contribution is 5.96. The Labute approximate surface area is 167 Å². The third-order valence-corrected chi connectivity index (χ3v) is 4.02. The number of hydrogen-bond donors (Lipinski definition) is 3. The number of aromatic hydroxyl groups is 1. The van der Waals surface area contributed by atoms with Crippen LogP contribution in [-0.4, -0.2) is 34.6 Å². The molecule has 9 nitrogen and oxygen atoms in total. The van der Waals surface area contributed by atoms with Gasteiger partial charge in [0.2, 0.25) is 0 Å². The minimum atomic E-state index is -0.727. The van der Waals surface area contributed by atoms with Crippen LogP contribution in [0.25, 0.3) is 0 Å². The Morgan fingerprint density at radius 3 is 2.41 bits per heavy atom. The molecule has 2 rings (SSSR count). The molecule has 2 amide bonds. The van der Waals surface area contributed by atoms with E-state index in [2.05, 4.69) is 36.6 Å². The fourth-order valence-corrected chi connectivity index (χ4v) is 2.37. The number of carbonyl (C=O) groups is 2. The summed E-state index contributed by atoms with van der Waals surface area (Å²) < 4.78 is 0. The zero-order valence-electron chi connectivity index (χ0n) is 16.3. The van der Waals surface area contributed by atoms with Gasteiger partial charge in [0.05, 0.1) is 17.7 Å². The van der Waals surface area contributed by atoms with Gasteiger partial charge in [-0.2, -0.15) is 5.10 Å². The molecule has 0 heterocycles. The normalized spacial score (nSPS) is 11.3. The summed E-state index contributed by atoms with van der Waals surface area (Å²) in [7, 11) is 0. The van der Waals surface area contributed by atoms with E-state index in [1.807, 2.05) is 12.1 Å². The Bertz CT molecular complexity index is 946. The highest BCUT2D eigenvalue weighted by Gasteiger charge is 2.15. The molecule has 2 aromatic rings. The SMILES string of the molecule is CC(C)(C)c1ccc(C(=O)NCC(=O)N/N=C/c2ccc(O)c([N+](=O)[O-])c2)cc1. The second-order valence-corrected chi connectivity index (χ2v) is 7.31. The van der Waals surface area contributed by atoms with E-state index >= 15 is 0 Å². The number of hydrogen-bond acceptors (Lipinski definition) is 6. The first kappa shape index (κ1) is 21.5. The van der Waals surface area contributed by atoms with Gasteiger partial charge in [0.25, 0.3) is 11.8 Å². The van der Waals surface area contributed by atoms with E-state index in [1.54, 1.807) is 12.1 Å². The Kier molecular flexibility index (Phi) is 6.66. The number of benzene rings is 2. The molecule has 0 aliphatic rings. The number of phenolic OH excluding ortho intramolecular Hbond substituents is 1. The van der Waals surface area contributed by atoms with Crippen LogP contribution in [0.15, 0.2) is 47.6 Å². The van der Waals surface area contributed by atoms with Gasteiger partial charge < -0.3 is 10.4 Å². The van der Waals surface area contributed by atoms with Gasteiger partial charge in [-0.1, -0.05) is 32.9 Å². The number of amides is 2. The van der Waals surface area contributed by atoms with Crippen LogP contribution < -0.4 is 10.7 Å². The number of carbonyl (C=O) groups excluding carboxylic acids is 2. The van der Waals surface area contributed by atoms with Gasteiger partial charge in [0.15, 0.2) is 5.75 Å². The molecule has 0 aliphatic carbocycles. The lowest BCUT2D eigenvalue weighted by Gasteiger charge is -2.19. The van der Waals surface area contributed by atoms with Crippen molar-refractivity contribution in [1.29, 1.82) is 0 Å². The zero-order valence-corrected chi connectivity index (χ0v) is 16.3. The van der Waals surface area contributed by atoms with Gasteiger partial charge in [-0.05, 0) is 35.2 Å². The van der Waals surface area contributed by atoms with Crippen LogP contribution in [0.1, 0.15) is 42.3 Å². The summed E-state index contributed by atoms with van der Waals surface area (Å²) in [5, 5.41) is 26.3. The average molecular weight is 398 g/mol. The molecule has 0 unspecified atom stereocenters. The van der Waals surface area contributed by atoms with Crippen molar-refractivity contribution in [2.75, 3.05) is 6.54 Å². The molecule has 0 fully saturated rings. The van der Waals surface area contributed by atoms with Gasteiger partial charge in [-0.15, -0.1) is 0 Å². The molecule has 0 saturated heterocycles. The third-order valence-electron chi connectivity index (χ3n) is 4.02. The second kappa shape index (κ2) is 8.96. The molecule has 0 spiro atoms. The van der Waals surface area contributed by atoms with Crippen molar-refractivity contribution < 1.29 is 19.6 Å². The Morgan fingerprint density at radius 2 is 1.83 bits per heavy atom. The number of phenols is 1. The number of nitro groups is 1. The first-order valence-corrected chi connectivity index (χ1v) is 8.76. The molecule has 9 heteroatoms. The fourth-order valence-electron chi connectivity index (χ4n) is 2.37. The summed E-state index contributed by atoms with van der Waals surface area (Å²) in [4.78, 5) is 34.0. The van der Waals surface area contributed by atoms with Crippen LogP contribution in [0.5, 0.6) is 5.75 Å². The fraction of sp³-hybridized carbons (Fsp3) is 0.250. The van der Waals surface area contributed by atoms with E-state index in [0.717, 1.165) is 17.7 Å². The Hall–Kier alpha value is -3.75. The Balaban J connectivity index is 1.87. The van der Waals surface area contributed by atoms with Crippen LogP contribution >= 0.6 is 0 Å². The smallest absolute Gasteiger partial charge is 0.311 e. The lowest BCUT2D eigenvalue weighted by atomic mass is 9.87. The molecule has 0 atom stereocenters. The standard InChI is InChI=1S/C20H22N4O5/c1-20(2,3)15-7-5-14(6-8-15)19(27)21-12-18(26)23-22-11-13-4-9-17(25)16(10-13)24(28)29/h4-11,25H,12H2,1-3H3,(H,21,27)(H,23,26)/b22-11+. The van der Waals surface area contributed by atoms with Gasteiger partial charge >= 0.3 is 5.69 Å². The molecule has 0 bridgehead atoms. The zero-order chi connectivity index (χ0) is 21.6. The summed E-state index contributed by atoms with van der Waals surface area (Å²) in [6.45, 7) is 5.93. The quantitative estimate of drug-likeness (QED) is 0.390. The van der Waals surface area contributed by atoms with Crippen molar-refractivity contribution in [2.45, 2.75) is 26.2 Å². The van der Waals surface area contributed by atoms with Crippen molar-refractivity contribution in [3.05, 3.63) is 69.3 Å². The molecule has 0 saturated carbocycles. The van der Waals surface area contributed by atoms with Gasteiger partial charge in [-0.25, -0.2) is 5.43 Å². The summed E-state index contributed by atoms with van der Waals surface area (Å²) in [5.74, 6) is -1.41. The van der Waals surface area contributed by atoms with Crippen LogP contribution in [-0.2, 0) is 10.2 Å². The lowest BCUT2D eigenvalue weighted by Crippen LogP contribution is -2.34. The number of nitrogens with zero attached hydrogens (tertiary/aromatic N) is 2. The molecular formula is C20H22N4O5. The maximum atomic E-state index is 12.1. The predicted molar refractivity (Wildman–Crippen MR) is 108 cm³/mol. The van der Waals surface area contributed by atoms with E-state index in [9.17, 15) is 24.8 Å². The summed E-state index contributed by atoms with van der Waals surface area (Å²) in [5.41, 5.74) is 3.57. The third kappa shape index (κ3) is 6.13. The largest absolute Gasteiger partial charge is 0.502 e. The predicted octanol–water partition coefficient (Wildman–Crippen LogP) is 2.48. The number of hydrazone groups is 1. The lowest BCUT2D eigenvalue weighted by molar-refractivity contribution is -0.385. The van der Waals surface area contributed by atoms with Crippen molar-refractivity contribution in [3.63, 3.8) is 0 Å². The van der Waals surface area contributed by atoms with Crippen LogP contribution in [0.3, 0.4) is 0 Å². The summed E-state index contributed by atoms with van der Waals surface area (Å²) in [6, 6.07) is 10.8. The van der Waals surface area contributed by atoms with Crippen LogP contribution in [0, 0.1) is 10.1 Å². The van der Waals surface area contributed by atoms with E-state index in [1.165, 1.54) is 12.3 Å². The second-order valence-electron chi connectivity index (χ2n) is 7.31. The molecule has 2 aromatic carbocycles. The molecule has 0 aliphatic heterocycles. The molecule has 0 aromatic heterocycles. The molecular weight excluding hydrogens is 376 g/mol. The van der Waals surface area contributed by atoms with Gasteiger partial charge in [-0.3, -0.25) is 19.7 Å². The van der Waals surface area contributed by atoms with E-state index in [4.69, 9.17) is 0 Å². The molecule has 0 radical (unpaired) electrons. The van der Waals surface area contributed by atoms with E-state index in [-0.39, 0.29) is 12.0 Å². The Morgan fingerprint density at radius 1 is 1.17 bits per heavy atom. The van der Waals surface area contributed by atoms with Crippen molar-refractivity contribution in [2.24, 2.45) is 5.10 Å². The topological polar surface area (TPSA) is 134 Å². The highest BCUT2D eigenvalue weighted by atomic mass is 16.6. The van der Waals surface area contributed by atoms with Gasteiger partial charge in [0, 0.05) is 17.2 Å². The molecule has 29 heavy (non-hydrogen) atoms. The van der Waals surface area contributed by atoms with Crippen LogP contribution in [0.2, 0.25) is 0 Å². The van der Waals surface area contributed by atoms with E-state index in [0.29, 0.717) is 11.1 Å². The molecule has 3 N–H and O–H groups in total. The highest BCUT2D eigenvalue weighted by Crippen LogP contribution is 2.25. The monoisotopic (exact) mass is 398 g/mol. The maximum absolute atomic E-state index is 12.1. The van der Waals surface area contributed by atoms with Crippen molar-refractivity contribution >= 4 is 23.7 Å². The van der Waals surface area contributed by atoms with E-state index < -0.39 is 28.2 Å². The minimum Gasteiger partial charge on any atom is -0.502 e. The van der Waals surface area contributed by atoms with Crippen molar-refractivity contribution in [3.8, 4) is 5.75 Å². The molecule has 152 valence electrons. The first-order chi connectivity index (χ1) is 13.6. The van der Waals surface area contributed by atoms with Gasteiger partial charge in [0.1, 0.15) is 0 Å². The summed E-state index contributed by atoms with van der Waals surface area (Å²) >= 11 is 0. The first-order valence-electron chi connectivity index (χ1n) is 8.76. The minimum absolute atomic E-state index is 0.0230. The van der Waals surface area contributed by atoms with Crippen molar-refractivity contribution in [1.82, 2.24) is 10.7 Å². The summed E-state index contributed by atoms with van der Waals surface area (Å²) in [6.07, 6.45) is 1.19. The average Bonchev–Trinajstić information content (AvgIpc) is 2.66. The number of rotatable bonds is 6. The van der Waals surface area contributed by atoms with Crippen LogP contribution in [0.4, 0.5) is 5.69 Å².